The molecule has 154 valence electrons. The van der Waals surface area contributed by atoms with Crippen molar-refractivity contribution in [2.75, 3.05) is 17.7 Å². The van der Waals surface area contributed by atoms with E-state index in [4.69, 9.17) is 4.74 Å². The number of methoxy groups -OCH3 is 1. The van der Waals surface area contributed by atoms with Crippen LogP contribution in [0.4, 0.5) is 17.2 Å². The highest BCUT2D eigenvalue weighted by Gasteiger charge is 2.09. The summed E-state index contributed by atoms with van der Waals surface area (Å²) in [5.41, 5.74) is 4.97. The van der Waals surface area contributed by atoms with E-state index in [-0.39, 0.29) is 5.91 Å². The zero-order valence-corrected chi connectivity index (χ0v) is 17.3. The van der Waals surface area contributed by atoms with E-state index in [9.17, 15) is 4.79 Å². The van der Waals surface area contributed by atoms with Gasteiger partial charge in [-0.15, -0.1) is 0 Å². The van der Waals surface area contributed by atoms with E-state index in [2.05, 4.69) is 26.7 Å². The van der Waals surface area contributed by atoms with Gasteiger partial charge in [0.1, 0.15) is 17.9 Å². The molecule has 0 fully saturated rings. The Kier molecular flexibility index (Phi) is 5.89. The van der Waals surface area contributed by atoms with Gasteiger partial charge in [-0.1, -0.05) is 35.9 Å². The Morgan fingerprint density at radius 2 is 1.68 bits per heavy atom. The summed E-state index contributed by atoms with van der Waals surface area (Å²) < 4.78 is 5.20. The topological polar surface area (TPSA) is 76.1 Å². The lowest BCUT2D eigenvalue weighted by Crippen LogP contribution is -2.12. The molecular weight excluding hydrogens is 388 g/mol. The smallest absolute Gasteiger partial charge is 0.255 e. The van der Waals surface area contributed by atoms with E-state index in [1.54, 1.807) is 25.3 Å². The van der Waals surface area contributed by atoms with Crippen LogP contribution in [0.1, 0.15) is 15.9 Å². The van der Waals surface area contributed by atoms with Crippen LogP contribution >= 0.6 is 0 Å². The number of aromatic nitrogens is 2. The summed E-state index contributed by atoms with van der Waals surface area (Å²) in [6.07, 6.45) is 1.53. The van der Waals surface area contributed by atoms with Crippen LogP contribution in [0, 0.1) is 6.92 Å². The number of hydrogen-bond acceptors (Lipinski definition) is 5. The second-order valence-corrected chi connectivity index (χ2v) is 7.05. The molecule has 4 aromatic rings. The minimum atomic E-state index is -0.208. The van der Waals surface area contributed by atoms with Crippen LogP contribution in [-0.4, -0.2) is 23.0 Å². The number of carbonyl (C=O) groups is 1. The Labute approximate surface area is 181 Å². The fraction of sp³-hybridized carbons (Fsp3) is 0.0800. The van der Waals surface area contributed by atoms with Gasteiger partial charge in [0.25, 0.3) is 5.91 Å². The van der Waals surface area contributed by atoms with E-state index in [1.807, 2.05) is 61.5 Å². The molecule has 2 N–H and O–H groups in total. The molecule has 1 heterocycles. The summed E-state index contributed by atoms with van der Waals surface area (Å²) in [5.74, 6) is 1.12. The van der Waals surface area contributed by atoms with Gasteiger partial charge in [0.15, 0.2) is 0 Å². The Morgan fingerprint density at radius 3 is 2.52 bits per heavy atom. The van der Waals surface area contributed by atoms with Crippen LogP contribution in [0.15, 0.2) is 85.2 Å². The highest BCUT2D eigenvalue weighted by Crippen LogP contribution is 2.23. The molecule has 31 heavy (non-hydrogen) atoms. The quantitative estimate of drug-likeness (QED) is 0.442. The maximum atomic E-state index is 12.7. The molecule has 0 radical (unpaired) electrons. The van der Waals surface area contributed by atoms with Crippen molar-refractivity contribution in [3.8, 4) is 17.0 Å². The van der Waals surface area contributed by atoms with Gasteiger partial charge in [0, 0.05) is 34.6 Å². The summed E-state index contributed by atoms with van der Waals surface area (Å²) >= 11 is 0. The molecule has 4 rings (SSSR count). The van der Waals surface area contributed by atoms with Crippen LogP contribution in [0.3, 0.4) is 0 Å². The van der Waals surface area contributed by atoms with Crippen molar-refractivity contribution in [3.63, 3.8) is 0 Å². The number of anilines is 3. The van der Waals surface area contributed by atoms with Gasteiger partial charge in [0.05, 0.1) is 12.8 Å². The second-order valence-electron chi connectivity index (χ2n) is 7.05. The minimum Gasteiger partial charge on any atom is -0.497 e. The molecular formula is C25H22N4O2. The normalized spacial score (nSPS) is 10.4. The molecule has 0 spiro atoms. The molecule has 6 heteroatoms. The first-order valence-electron chi connectivity index (χ1n) is 9.82. The molecule has 3 aromatic carbocycles. The molecule has 0 aliphatic rings. The number of carbonyl (C=O) groups excluding carboxylic acids is 1. The van der Waals surface area contributed by atoms with Crippen molar-refractivity contribution in [1.82, 2.24) is 9.97 Å². The van der Waals surface area contributed by atoms with Crippen molar-refractivity contribution < 1.29 is 9.53 Å². The second kappa shape index (κ2) is 9.09. The molecule has 0 saturated carbocycles. The van der Waals surface area contributed by atoms with Gasteiger partial charge < -0.3 is 15.4 Å². The average molecular weight is 410 g/mol. The predicted octanol–water partition coefficient (Wildman–Crippen LogP) is 5.46. The van der Waals surface area contributed by atoms with E-state index in [0.29, 0.717) is 22.8 Å². The molecule has 0 bridgehead atoms. The number of nitrogens with one attached hydrogen (secondary N) is 2. The van der Waals surface area contributed by atoms with Gasteiger partial charge in [-0.3, -0.25) is 4.79 Å². The summed E-state index contributed by atoms with van der Waals surface area (Å²) in [6.45, 7) is 2.05. The zero-order chi connectivity index (χ0) is 21.6. The van der Waals surface area contributed by atoms with Gasteiger partial charge in [-0.05, 0) is 43.3 Å². The van der Waals surface area contributed by atoms with Crippen LogP contribution in [0.25, 0.3) is 11.3 Å². The van der Waals surface area contributed by atoms with Crippen LogP contribution < -0.4 is 15.4 Å². The fourth-order valence-electron chi connectivity index (χ4n) is 3.18. The van der Waals surface area contributed by atoms with Gasteiger partial charge in [-0.2, -0.15) is 0 Å². The number of nitrogens with zero attached hydrogens (tertiary/aromatic N) is 2. The van der Waals surface area contributed by atoms with Crippen molar-refractivity contribution in [3.05, 3.63) is 96.3 Å². The Hall–Kier alpha value is -4.19. The van der Waals surface area contributed by atoms with E-state index < -0.39 is 0 Å². The molecule has 6 nitrogen and oxygen atoms in total. The molecule has 1 aromatic heterocycles. The van der Waals surface area contributed by atoms with Gasteiger partial charge in [-0.25, -0.2) is 9.97 Å². The third-order valence-electron chi connectivity index (χ3n) is 4.71. The molecule has 0 saturated heterocycles. The summed E-state index contributed by atoms with van der Waals surface area (Å²) in [4.78, 5) is 21.4. The molecule has 0 unspecified atom stereocenters. The number of rotatable bonds is 6. The molecule has 1 amide bonds. The standard InChI is InChI=1S/C25H22N4O2/c1-17-6-3-7-18(12-17)23-15-24(27-16-26-23)28-20-9-4-8-19(13-20)25(30)29-21-10-5-11-22(14-21)31-2/h3-16H,1-2H3,(H,29,30)(H,26,27,28). The molecule has 0 aliphatic carbocycles. The summed E-state index contributed by atoms with van der Waals surface area (Å²) in [5, 5.41) is 6.14. The molecule has 0 aliphatic heterocycles. The number of aryl methyl sites for hydroxylation is 1. The Balaban J connectivity index is 1.51. The van der Waals surface area contributed by atoms with Crippen molar-refractivity contribution in [2.24, 2.45) is 0 Å². The van der Waals surface area contributed by atoms with Crippen LogP contribution in [-0.2, 0) is 0 Å². The minimum absolute atomic E-state index is 0.208. The Morgan fingerprint density at radius 1 is 0.871 bits per heavy atom. The third-order valence-corrected chi connectivity index (χ3v) is 4.71. The molecule has 0 atom stereocenters. The number of hydrogen-bond donors (Lipinski definition) is 2. The fourth-order valence-corrected chi connectivity index (χ4v) is 3.18. The van der Waals surface area contributed by atoms with Crippen molar-refractivity contribution in [2.45, 2.75) is 6.92 Å². The highest BCUT2D eigenvalue weighted by atomic mass is 16.5. The Bertz CT molecular complexity index is 1220. The van der Waals surface area contributed by atoms with Crippen LogP contribution in [0.5, 0.6) is 5.75 Å². The van der Waals surface area contributed by atoms with E-state index in [0.717, 1.165) is 16.9 Å². The lowest BCUT2D eigenvalue weighted by atomic mass is 10.1. The summed E-state index contributed by atoms with van der Waals surface area (Å²) in [6, 6.07) is 24.5. The first-order valence-corrected chi connectivity index (χ1v) is 9.82. The highest BCUT2D eigenvalue weighted by molar-refractivity contribution is 6.05. The largest absolute Gasteiger partial charge is 0.497 e. The number of ether oxygens (including phenoxy) is 1. The monoisotopic (exact) mass is 410 g/mol. The number of benzene rings is 3. The van der Waals surface area contributed by atoms with E-state index >= 15 is 0 Å². The zero-order valence-electron chi connectivity index (χ0n) is 17.3. The predicted molar refractivity (Wildman–Crippen MR) is 123 cm³/mol. The lowest BCUT2D eigenvalue weighted by molar-refractivity contribution is 0.102. The van der Waals surface area contributed by atoms with Crippen molar-refractivity contribution in [1.29, 1.82) is 0 Å². The average Bonchev–Trinajstić information content (AvgIpc) is 2.79. The van der Waals surface area contributed by atoms with Gasteiger partial charge >= 0.3 is 0 Å². The summed E-state index contributed by atoms with van der Waals surface area (Å²) in [7, 11) is 1.59. The SMILES string of the molecule is COc1cccc(NC(=O)c2cccc(Nc3cc(-c4cccc(C)c4)ncn3)c2)c1. The maximum Gasteiger partial charge on any atom is 0.255 e. The first-order chi connectivity index (χ1) is 15.1. The van der Waals surface area contributed by atoms with Crippen LogP contribution in [0.2, 0.25) is 0 Å². The van der Waals surface area contributed by atoms with Crippen molar-refractivity contribution >= 4 is 23.1 Å². The van der Waals surface area contributed by atoms with E-state index in [1.165, 1.54) is 11.9 Å². The number of amides is 1. The first kappa shape index (κ1) is 20.1. The van der Waals surface area contributed by atoms with Gasteiger partial charge in [0.2, 0.25) is 0 Å². The lowest BCUT2D eigenvalue weighted by Gasteiger charge is -2.10. The third kappa shape index (κ3) is 5.05. The maximum absolute atomic E-state index is 12.7.